The lowest BCUT2D eigenvalue weighted by Gasteiger charge is -2.25. The molecule has 0 aliphatic heterocycles. The minimum Gasteiger partial charge on any atom is -0.489 e. The van der Waals surface area contributed by atoms with Crippen molar-refractivity contribution in [1.82, 2.24) is 5.32 Å². The first kappa shape index (κ1) is 19.5. The number of nitrogens with one attached hydrogen (secondary N) is 1. The molecule has 0 radical (unpaired) electrons. The van der Waals surface area contributed by atoms with E-state index in [1.807, 2.05) is 31.2 Å². The molecule has 6 heteroatoms. The zero-order valence-corrected chi connectivity index (χ0v) is 15.1. The fourth-order valence-corrected chi connectivity index (χ4v) is 2.46. The van der Waals surface area contributed by atoms with E-state index < -0.39 is 17.4 Å². The van der Waals surface area contributed by atoms with Crippen molar-refractivity contribution < 1.29 is 24.2 Å². The molecular formula is C20H23NO5. The van der Waals surface area contributed by atoms with Gasteiger partial charge in [-0.15, -0.1) is 0 Å². The van der Waals surface area contributed by atoms with Crippen molar-refractivity contribution in [2.45, 2.75) is 26.0 Å². The summed E-state index contributed by atoms with van der Waals surface area (Å²) in [6.07, 6.45) is 0. The molecule has 0 fully saturated rings. The number of hydrogen-bond acceptors (Lipinski definition) is 4. The molecule has 1 unspecified atom stereocenters. The topological polar surface area (TPSA) is 84.9 Å². The van der Waals surface area contributed by atoms with Crippen LogP contribution in [0.15, 0.2) is 48.5 Å². The molecule has 2 aromatic carbocycles. The summed E-state index contributed by atoms with van der Waals surface area (Å²) in [5, 5.41) is 11.8. The van der Waals surface area contributed by atoms with Gasteiger partial charge in [0.05, 0.1) is 6.61 Å². The third kappa shape index (κ3) is 5.07. The molecule has 2 rings (SSSR count). The Hall–Kier alpha value is -2.86. The lowest BCUT2D eigenvalue weighted by molar-refractivity contribution is -0.145. The summed E-state index contributed by atoms with van der Waals surface area (Å²) in [7, 11) is 1.38. The molecule has 26 heavy (non-hydrogen) atoms. The molecule has 0 aromatic heterocycles. The highest BCUT2D eigenvalue weighted by molar-refractivity contribution is 5.98. The Morgan fingerprint density at radius 3 is 2.54 bits per heavy atom. The Balaban J connectivity index is 2.07. The van der Waals surface area contributed by atoms with Crippen LogP contribution in [-0.4, -0.2) is 36.2 Å². The fraction of sp³-hybridized carbons (Fsp3) is 0.300. The third-order valence-electron chi connectivity index (χ3n) is 3.88. The van der Waals surface area contributed by atoms with E-state index in [-0.39, 0.29) is 6.61 Å². The van der Waals surface area contributed by atoms with Gasteiger partial charge < -0.3 is 19.9 Å². The molecule has 2 aromatic rings. The van der Waals surface area contributed by atoms with Gasteiger partial charge in [0.1, 0.15) is 12.4 Å². The number of hydrogen-bond donors (Lipinski definition) is 2. The summed E-state index contributed by atoms with van der Waals surface area (Å²) in [6, 6.07) is 14.6. The van der Waals surface area contributed by atoms with Crippen LogP contribution in [0.25, 0.3) is 0 Å². The molecule has 0 saturated heterocycles. The summed E-state index contributed by atoms with van der Waals surface area (Å²) >= 11 is 0. The normalized spacial score (nSPS) is 12.9. The minimum absolute atomic E-state index is 0.141. The van der Waals surface area contributed by atoms with Crippen molar-refractivity contribution >= 4 is 11.9 Å². The lowest BCUT2D eigenvalue weighted by Crippen LogP contribution is -2.55. The van der Waals surface area contributed by atoms with E-state index >= 15 is 0 Å². The third-order valence-corrected chi connectivity index (χ3v) is 3.88. The Kier molecular flexibility index (Phi) is 6.36. The van der Waals surface area contributed by atoms with E-state index in [1.54, 1.807) is 24.3 Å². The van der Waals surface area contributed by atoms with Crippen molar-refractivity contribution in [3.05, 3.63) is 65.2 Å². The van der Waals surface area contributed by atoms with Gasteiger partial charge in [-0.25, -0.2) is 4.79 Å². The summed E-state index contributed by atoms with van der Waals surface area (Å²) in [5.41, 5.74) is 0.976. The van der Waals surface area contributed by atoms with Crippen LogP contribution < -0.4 is 10.1 Å². The van der Waals surface area contributed by atoms with Gasteiger partial charge in [-0.3, -0.25) is 4.79 Å². The summed E-state index contributed by atoms with van der Waals surface area (Å²) in [4.78, 5) is 23.8. The highest BCUT2D eigenvalue weighted by Crippen LogP contribution is 2.17. The standard InChI is InChI=1S/C20H23NO5/c1-14-6-4-7-15(10-14)12-26-17-9-5-8-16(11-17)18(22)21-20(2,13-25-3)19(23)24/h4-11H,12-13H2,1-3H3,(H,21,22)(H,23,24). The van der Waals surface area contributed by atoms with Crippen LogP contribution >= 0.6 is 0 Å². The van der Waals surface area contributed by atoms with Gasteiger partial charge in [-0.05, 0) is 37.6 Å². The molecule has 0 bridgehead atoms. The number of amides is 1. The first-order chi connectivity index (χ1) is 12.3. The molecule has 6 nitrogen and oxygen atoms in total. The largest absolute Gasteiger partial charge is 0.489 e. The van der Waals surface area contributed by atoms with Crippen molar-refractivity contribution in [3.8, 4) is 5.75 Å². The zero-order valence-electron chi connectivity index (χ0n) is 15.1. The van der Waals surface area contributed by atoms with Gasteiger partial charge in [0.2, 0.25) is 0 Å². The highest BCUT2D eigenvalue weighted by Gasteiger charge is 2.35. The number of aliphatic carboxylic acids is 1. The predicted octanol–water partition coefficient (Wildman–Crippen LogP) is 2.79. The number of carbonyl (C=O) groups excluding carboxylic acids is 1. The van der Waals surface area contributed by atoms with Crippen molar-refractivity contribution in [1.29, 1.82) is 0 Å². The molecule has 2 N–H and O–H groups in total. The van der Waals surface area contributed by atoms with Gasteiger partial charge in [0.25, 0.3) is 5.91 Å². The minimum atomic E-state index is -1.51. The lowest BCUT2D eigenvalue weighted by atomic mass is 10.0. The highest BCUT2D eigenvalue weighted by atomic mass is 16.5. The monoisotopic (exact) mass is 357 g/mol. The maximum Gasteiger partial charge on any atom is 0.331 e. The van der Waals surface area contributed by atoms with E-state index in [4.69, 9.17) is 9.47 Å². The maximum atomic E-state index is 12.4. The summed E-state index contributed by atoms with van der Waals surface area (Å²) in [6.45, 7) is 3.64. The Bertz CT molecular complexity index is 789. The van der Waals surface area contributed by atoms with Crippen LogP contribution in [0.3, 0.4) is 0 Å². The van der Waals surface area contributed by atoms with Crippen LogP contribution in [0.2, 0.25) is 0 Å². The van der Waals surface area contributed by atoms with Crippen molar-refractivity contribution in [2.24, 2.45) is 0 Å². The van der Waals surface area contributed by atoms with Crippen LogP contribution in [0.5, 0.6) is 5.75 Å². The second-order valence-electron chi connectivity index (χ2n) is 6.33. The number of carboxylic acid groups (broad SMARTS) is 1. The zero-order chi connectivity index (χ0) is 19.2. The van der Waals surface area contributed by atoms with Gasteiger partial charge in [-0.2, -0.15) is 0 Å². The molecule has 1 atom stereocenters. The van der Waals surface area contributed by atoms with Gasteiger partial charge >= 0.3 is 5.97 Å². The summed E-state index contributed by atoms with van der Waals surface area (Å²) < 4.78 is 10.6. The van der Waals surface area contributed by atoms with Crippen molar-refractivity contribution in [3.63, 3.8) is 0 Å². The average molecular weight is 357 g/mol. The number of carbonyl (C=O) groups is 2. The molecule has 0 aliphatic rings. The Morgan fingerprint density at radius 1 is 1.15 bits per heavy atom. The second-order valence-corrected chi connectivity index (χ2v) is 6.33. The van der Waals surface area contributed by atoms with E-state index in [0.29, 0.717) is 17.9 Å². The molecule has 0 spiro atoms. The average Bonchev–Trinajstić information content (AvgIpc) is 2.60. The van der Waals surface area contributed by atoms with E-state index in [2.05, 4.69) is 5.32 Å². The quantitative estimate of drug-likeness (QED) is 0.759. The second kappa shape index (κ2) is 8.49. The van der Waals surface area contributed by atoms with Crippen LogP contribution in [0.4, 0.5) is 0 Å². The summed E-state index contributed by atoms with van der Waals surface area (Å²) in [5.74, 6) is -1.14. The smallest absolute Gasteiger partial charge is 0.331 e. The Morgan fingerprint density at radius 2 is 1.88 bits per heavy atom. The number of rotatable bonds is 8. The number of carboxylic acids is 1. The molecular weight excluding hydrogens is 334 g/mol. The van der Waals surface area contributed by atoms with E-state index in [0.717, 1.165) is 11.1 Å². The Labute approximate surface area is 152 Å². The number of ether oxygens (including phenoxy) is 2. The predicted molar refractivity (Wildman–Crippen MR) is 97.3 cm³/mol. The van der Waals surface area contributed by atoms with Gasteiger partial charge in [0, 0.05) is 12.7 Å². The van der Waals surface area contributed by atoms with Crippen LogP contribution in [0, 0.1) is 6.92 Å². The SMILES string of the molecule is COCC(C)(NC(=O)c1cccc(OCc2cccc(C)c2)c1)C(=O)O. The van der Waals surface area contributed by atoms with Crippen LogP contribution in [-0.2, 0) is 16.1 Å². The van der Waals surface area contributed by atoms with E-state index in [9.17, 15) is 14.7 Å². The van der Waals surface area contributed by atoms with Crippen LogP contribution in [0.1, 0.15) is 28.4 Å². The van der Waals surface area contributed by atoms with E-state index in [1.165, 1.54) is 14.0 Å². The first-order valence-electron chi connectivity index (χ1n) is 8.17. The number of aryl methyl sites for hydroxylation is 1. The van der Waals surface area contributed by atoms with Gasteiger partial charge in [0.15, 0.2) is 5.54 Å². The maximum absolute atomic E-state index is 12.4. The van der Waals surface area contributed by atoms with Crippen molar-refractivity contribution in [2.75, 3.05) is 13.7 Å². The number of benzene rings is 2. The molecule has 0 heterocycles. The first-order valence-corrected chi connectivity index (χ1v) is 8.17. The van der Waals surface area contributed by atoms with Gasteiger partial charge in [-0.1, -0.05) is 35.9 Å². The molecule has 1 amide bonds. The molecule has 0 saturated carbocycles. The fourth-order valence-electron chi connectivity index (χ4n) is 2.46. The number of methoxy groups -OCH3 is 1. The molecule has 0 aliphatic carbocycles. The molecule has 138 valence electrons.